The molecular formula is C17H23N3OS. The molecule has 118 valence electrons. The van der Waals surface area contributed by atoms with Crippen LogP contribution < -0.4 is 5.32 Å². The molecule has 1 aromatic heterocycles. The Kier molecular flexibility index (Phi) is 5.66. The molecule has 1 amide bonds. The van der Waals surface area contributed by atoms with E-state index in [1.54, 1.807) is 0 Å². The van der Waals surface area contributed by atoms with Crippen LogP contribution in [-0.4, -0.2) is 21.9 Å². The number of amides is 1. The van der Waals surface area contributed by atoms with Gasteiger partial charge in [0.1, 0.15) is 0 Å². The number of aromatic amines is 1. The SMILES string of the molecule is CCc1cccc(CC)c1NC(=O)CSc1c(C)n[nH]c1C. The number of carbonyl (C=O) groups is 1. The first kappa shape index (κ1) is 16.6. The van der Waals surface area contributed by atoms with Crippen molar-refractivity contribution in [3.63, 3.8) is 0 Å². The second kappa shape index (κ2) is 7.49. The van der Waals surface area contributed by atoms with Gasteiger partial charge in [0.05, 0.1) is 16.3 Å². The molecule has 0 aliphatic carbocycles. The van der Waals surface area contributed by atoms with Gasteiger partial charge in [0.2, 0.25) is 5.91 Å². The smallest absolute Gasteiger partial charge is 0.234 e. The van der Waals surface area contributed by atoms with E-state index < -0.39 is 0 Å². The number of nitrogens with zero attached hydrogens (tertiary/aromatic N) is 1. The molecule has 0 saturated heterocycles. The highest BCUT2D eigenvalue weighted by atomic mass is 32.2. The summed E-state index contributed by atoms with van der Waals surface area (Å²) in [5.74, 6) is 0.420. The molecule has 22 heavy (non-hydrogen) atoms. The van der Waals surface area contributed by atoms with Crippen molar-refractivity contribution in [2.75, 3.05) is 11.1 Å². The van der Waals surface area contributed by atoms with E-state index in [1.807, 2.05) is 13.8 Å². The lowest BCUT2D eigenvalue weighted by atomic mass is 10.0. The Bertz CT molecular complexity index is 622. The quantitative estimate of drug-likeness (QED) is 0.795. The van der Waals surface area contributed by atoms with Crippen LogP contribution >= 0.6 is 11.8 Å². The first-order valence-electron chi connectivity index (χ1n) is 7.61. The highest BCUT2D eigenvalue weighted by Gasteiger charge is 2.13. The van der Waals surface area contributed by atoms with Gasteiger partial charge >= 0.3 is 0 Å². The van der Waals surface area contributed by atoms with E-state index in [4.69, 9.17) is 0 Å². The molecule has 0 atom stereocenters. The summed E-state index contributed by atoms with van der Waals surface area (Å²) in [6.07, 6.45) is 1.83. The largest absolute Gasteiger partial charge is 0.325 e. The van der Waals surface area contributed by atoms with E-state index in [2.05, 4.69) is 47.6 Å². The molecular weight excluding hydrogens is 294 g/mol. The first-order chi connectivity index (χ1) is 10.6. The van der Waals surface area contributed by atoms with Gasteiger partial charge in [-0.1, -0.05) is 32.0 Å². The van der Waals surface area contributed by atoms with Crippen LogP contribution in [0.25, 0.3) is 0 Å². The minimum atomic E-state index is 0.0283. The average Bonchev–Trinajstić information content (AvgIpc) is 2.84. The molecule has 0 fully saturated rings. The molecule has 2 aromatic rings. The Hall–Kier alpha value is -1.75. The molecule has 4 nitrogen and oxygen atoms in total. The van der Waals surface area contributed by atoms with Gasteiger partial charge in [-0.3, -0.25) is 9.89 Å². The Morgan fingerprint density at radius 1 is 1.23 bits per heavy atom. The van der Waals surface area contributed by atoms with E-state index in [0.29, 0.717) is 5.75 Å². The van der Waals surface area contributed by atoms with Gasteiger partial charge < -0.3 is 5.32 Å². The van der Waals surface area contributed by atoms with Crippen LogP contribution in [0, 0.1) is 13.8 Å². The van der Waals surface area contributed by atoms with Gasteiger partial charge in [-0.05, 0) is 37.8 Å². The number of rotatable bonds is 6. The third kappa shape index (κ3) is 3.71. The lowest BCUT2D eigenvalue weighted by molar-refractivity contribution is -0.113. The van der Waals surface area contributed by atoms with Crippen molar-refractivity contribution >= 4 is 23.4 Å². The third-order valence-electron chi connectivity index (χ3n) is 3.67. The maximum absolute atomic E-state index is 12.3. The van der Waals surface area contributed by atoms with Gasteiger partial charge in [-0.15, -0.1) is 11.8 Å². The molecule has 1 heterocycles. The van der Waals surface area contributed by atoms with Gasteiger partial charge in [0.25, 0.3) is 0 Å². The summed E-state index contributed by atoms with van der Waals surface area (Å²) < 4.78 is 0. The molecule has 0 saturated carbocycles. The van der Waals surface area contributed by atoms with Crippen LogP contribution in [0.3, 0.4) is 0 Å². The molecule has 5 heteroatoms. The molecule has 0 aliphatic rings. The van der Waals surface area contributed by atoms with Crippen LogP contribution in [-0.2, 0) is 17.6 Å². The van der Waals surface area contributed by atoms with Crippen molar-refractivity contribution < 1.29 is 4.79 Å². The van der Waals surface area contributed by atoms with E-state index in [9.17, 15) is 4.79 Å². The van der Waals surface area contributed by atoms with Crippen LogP contribution in [0.2, 0.25) is 0 Å². The second-order valence-corrected chi connectivity index (χ2v) is 6.24. The minimum absolute atomic E-state index is 0.0283. The highest BCUT2D eigenvalue weighted by Crippen LogP contribution is 2.26. The number of carbonyl (C=O) groups excluding carboxylic acids is 1. The van der Waals surface area contributed by atoms with Crippen molar-refractivity contribution in [2.24, 2.45) is 0 Å². The summed E-state index contributed by atoms with van der Waals surface area (Å²) in [6, 6.07) is 6.21. The maximum atomic E-state index is 12.3. The van der Waals surface area contributed by atoms with Crippen LogP contribution in [0.1, 0.15) is 36.4 Å². The predicted octanol–water partition coefficient (Wildman–Crippen LogP) is 3.88. The Labute approximate surface area is 136 Å². The number of anilines is 1. The van der Waals surface area contributed by atoms with E-state index in [0.717, 1.165) is 34.8 Å². The molecule has 0 spiro atoms. The number of nitrogens with one attached hydrogen (secondary N) is 2. The number of thioether (sulfide) groups is 1. The summed E-state index contributed by atoms with van der Waals surface area (Å²) in [7, 11) is 0. The normalized spacial score (nSPS) is 10.7. The summed E-state index contributed by atoms with van der Waals surface area (Å²) in [6.45, 7) is 8.14. The summed E-state index contributed by atoms with van der Waals surface area (Å²) >= 11 is 1.53. The van der Waals surface area contributed by atoms with Crippen molar-refractivity contribution in [1.29, 1.82) is 0 Å². The fourth-order valence-corrected chi connectivity index (χ4v) is 3.33. The lowest BCUT2D eigenvalue weighted by Crippen LogP contribution is -2.16. The Balaban J connectivity index is 2.06. The zero-order chi connectivity index (χ0) is 16.1. The molecule has 0 unspecified atom stereocenters. The number of para-hydroxylation sites is 1. The number of benzene rings is 1. The van der Waals surface area contributed by atoms with Crippen LogP contribution in [0.15, 0.2) is 23.1 Å². The number of aromatic nitrogens is 2. The highest BCUT2D eigenvalue weighted by molar-refractivity contribution is 8.00. The number of aryl methyl sites for hydroxylation is 4. The van der Waals surface area contributed by atoms with Crippen LogP contribution in [0.5, 0.6) is 0 Å². The third-order valence-corrected chi connectivity index (χ3v) is 4.97. The zero-order valence-corrected chi connectivity index (χ0v) is 14.4. The Morgan fingerprint density at radius 2 is 1.86 bits per heavy atom. The van der Waals surface area contributed by atoms with Gasteiger partial charge in [0.15, 0.2) is 0 Å². The van der Waals surface area contributed by atoms with E-state index >= 15 is 0 Å². The van der Waals surface area contributed by atoms with Crippen molar-refractivity contribution in [1.82, 2.24) is 10.2 Å². The fourth-order valence-electron chi connectivity index (χ4n) is 2.47. The minimum Gasteiger partial charge on any atom is -0.325 e. The van der Waals surface area contributed by atoms with E-state index in [1.165, 1.54) is 22.9 Å². The van der Waals surface area contributed by atoms with Crippen molar-refractivity contribution in [3.8, 4) is 0 Å². The van der Waals surface area contributed by atoms with Crippen molar-refractivity contribution in [3.05, 3.63) is 40.7 Å². The molecule has 0 bridgehead atoms. The molecule has 2 N–H and O–H groups in total. The maximum Gasteiger partial charge on any atom is 0.234 e. The number of hydrogen-bond acceptors (Lipinski definition) is 3. The summed E-state index contributed by atoms with van der Waals surface area (Å²) in [5, 5.41) is 10.2. The topological polar surface area (TPSA) is 57.8 Å². The summed E-state index contributed by atoms with van der Waals surface area (Å²) in [5.41, 5.74) is 5.32. The second-order valence-electron chi connectivity index (χ2n) is 5.26. The predicted molar refractivity (Wildman–Crippen MR) is 92.6 cm³/mol. The average molecular weight is 317 g/mol. The Morgan fingerprint density at radius 3 is 2.36 bits per heavy atom. The van der Waals surface area contributed by atoms with E-state index in [-0.39, 0.29) is 5.91 Å². The number of H-pyrrole nitrogens is 1. The number of hydrogen-bond donors (Lipinski definition) is 2. The van der Waals surface area contributed by atoms with Gasteiger partial charge in [0, 0.05) is 11.4 Å². The molecule has 1 aromatic carbocycles. The first-order valence-corrected chi connectivity index (χ1v) is 8.60. The fraction of sp³-hybridized carbons (Fsp3) is 0.412. The van der Waals surface area contributed by atoms with Gasteiger partial charge in [-0.2, -0.15) is 5.10 Å². The monoisotopic (exact) mass is 317 g/mol. The van der Waals surface area contributed by atoms with Crippen molar-refractivity contribution in [2.45, 2.75) is 45.4 Å². The standard InChI is InChI=1S/C17H23N3OS/c1-5-13-8-7-9-14(6-2)16(13)18-15(21)10-22-17-11(3)19-20-12(17)4/h7-9H,5-6,10H2,1-4H3,(H,18,21)(H,19,20). The zero-order valence-electron chi connectivity index (χ0n) is 13.6. The van der Waals surface area contributed by atoms with Crippen LogP contribution in [0.4, 0.5) is 5.69 Å². The van der Waals surface area contributed by atoms with Gasteiger partial charge in [-0.25, -0.2) is 0 Å². The summed E-state index contributed by atoms with van der Waals surface area (Å²) in [4.78, 5) is 13.4. The lowest BCUT2D eigenvalue weighted by Gasteiger charge is -2.14. The molecule has 2 rings (SSSR count). The molecule has 0 radical (unpaired) electrons. The molecule has 0 aliphatic heterocycles.